The summed E-state index contributed by atoms with van der Waals surface area (Å²) in [6, 6.07) is 3.84. The van der Waals surface area contributed by atoms with E-state index in [2.05, 4.69) is 15.2 Å². The summed E-state index contributed by atoms with van der Waals surface area (Å²) in [5.74, 6) is 1.18. The van der Waals surface area contributed by atoms with Crippen LogP contribution in [0.25, 0.3) is 0 Å². The highest BCUT2D eigenvalue weighted by atomic mass is 35.5. The number of aromatic nitrogens is 1. The van der Waals surface area contributed by atoms with Crippen molar-refractivity contribution in [3.8, 4) is 0 Å². The molecule has 1 aliphatic heterocycles. The molecule has 1 aromatic heterocycles. The number of hydrogen-bond donors (Lipinski definition) is 1. The van der Waals surface area contributed by atoms with Crippen molar-refractivity contribution in [1.82, 2.24) is 4.98 Å². The standard InChI is InChI=1S/C14H20ClN3O/c1-14(2,10-15)13(19)17-11-5-6-12(16-9-11)18-7-3-4-8-18/h5-6,9H,3-4,7-8,10H2,1-2H3,(H,17,19). The van der Waals surface area contributed by atoms with Crippen LogP contribution in [0.15, 0.2) is 18.3 Å². The highest BCUT2D eigenvalue weighted by molar-refractivity contribution is 6.20. The van der Waals surface area contributed by atoms with Crippen LogP contribution in [-0.2, 0) is 4.79 Å². The molecule has 1 fully saturated rings. The van der Waals surface area contributed by atoms with Gasteiger partial charge in [-0.15, -0.1) is 11.6 Å². The Balaban J connectivity index is 2.00. The molecule has 104 valence electrons. The van der Waals surface area contributed by atoms with E-state index in [-0.39, 0.29) is 11.8 Å². The van der Waals surface area contributed by atoms with E-state index >= 15 is 0 Å². The molecule has 0 aliphatic carbocycles. The topological polar surface area (TPSA) is 45.2 Å². The van der Waals surface area contributed by atoms with Crippen molar-refractivity contribution in [3.05, 3.63) is 18.3 Å². The fraction of sp³-hybridized carbons (Fsp3) is 0.571. The van der Waals surface area contributed by atoms with Crippen LogP contribution >= 0.6 is 11.6 Å². The lowest BCUT2D eigenvalue weighted by atomic mass is 9.95. The van der Waals surface area contributed by atoms with Gasteiger partial charge in [0.15, 0.2) is 0 Å². The van der Waals surface area contributed by atoms with Gasteiger partial charge in [-0.1, -0.05) is 0 Å². The highest BCUT2D eigenvalue weighted by Gasteiger charge is 2.26. The third kappa shape index (κ3) is 3.38. The molecular weight excluding hydrogens is 262 g/mol. The van der Waals surface area contributed by atoms with Crippen LogP contribution in [0, 0.1) is 5.41 Å². The average Bonchev–Trinajstić information content (AvgIpc) is 2.93. The summed E-state index contributed by atoms with van der Waals surface area (Å²) in [5, 5.41) is 2.85. The molecule has 1 N–H and O–H groups in total. The minimum Gasteiger partial charge on any atom is -0.357 e. The molecule has 1 aliphatic rings. The molecule has 1 amide bonds. The van der Waals surface area contributed by atoms with Gasteiger partial charge >= 0.3 is 0 Å². The van der Waals surface area contributed by atoms with Crippen molar-refractivity contribution >= 4 is 29.0 Å². The van der Waals surface area contributed by atoms with Crippen molar-refractivity contribution in [3.63, 3.8) is 0 Å². The summed E-state index contributed by atoms with van der Waals surface area (Å²) in [4.78, 5) is 18.6. The monoisotopic (exact) mass is 281 g/mol. The molecule has 1 saturated heterocycles. The number of halogens is 1. The normalized spacial score (nSPS) is 15.6. The lowest BCUT2D eigenvalue weighted by molar-refractivity contribution is -0.122. The zero-order valence-corrected chi connectivity index (χ0v) is 12.2. The maximum atomic E-state index is 12.0. The second kappa shape index (κ2) is 5.78. The predicted molar refractivity (Wildman–Crippen MR) is 78.8 cm³/mol. The number of carbonyl (C=O) groups is 1. The summed E-state index contributed by atoms with van der Waals surface area (Å²) in [5.41, 5.74) is 0.140. The van der Waals surface area contributed by atoms with E-state index in [9.17, 15) is 4.79 Å². The number of hydrogen-bond acceptors (Lipinski definition) is 3. The van der Waals surface area contributed by atoms with Gasteiger partial charge < -0.3 is 10.2 Å². The molecule has 0 bridgehead atoms. The molecule has 0 aromatic carbocycles. The molecule has 4 nitrogen and oxygen atoms in total. The van der Waals surface area contributed by atoms with Crippen LogP contribution < -0.4 is 10.2 Å². The first-order valence-corrected chi connectivity index (χ1v) is 7.15. The Bertz CT molecular complexity index is 439. The van der Waals surface area contributed by atoms with Crippen LogP contribution in [0.4, 0.5) is 11.5 Å². The minimum absolute atomic E-state index is 0.0850. The fourth-order valence-electron chi connectivity index (χ4n) is 1.95. The van der Waals surface area contributed by atoms with Gasteiger partial charge in [0.2, 0.25) is 5.91 Å². The van der Waals surface area contributed by atoms with Crippen LogP contribution in [0.5, 0.6) is 0 Å². The molecule has 2 heterocycles. The number of nitrogens with zero attached hydrogens (tertiary/aromatic N) is 2. The molecule has 0 radical (unpaired) electrons. The second-order valence-corrected chi connectivity index (χ2v) is 5.84. The molecule has 0 unspecified atom stereocenters. The molecule has 19 heavy (non-hydrogen) atoms. The lowest BCUT2D eigenvalue weighted by Crippen LogP contribution is -2.32. The number of pyridine rings is 1. The summed E-state index contributed by atoms with van der Waals surface area (Å²) < 4.78 is 0. The molecule has 0 atom stereocenters. The van der Waals surface area contributed by atoms with E-state index in [1.807, 2.05) is 26.0 Å². The first kappa shape index (κ1) is 14.1. The smallest absolute Gasteiger partial charge is 0.231 e. The summed E-state index contributed by atoms with van der Waals surface area (Å²) in [6.07, 6.45) is 4.16. The third-order valence-electron chi connectivity index (χ3n) is 3.38. The highest BCUT2D eigenvalue weighted by Crippen LogP contribution is 2.22. The van der Waals surface area contributed by atoms with Crippen molar-refractivity contribution in [2.75, 3.05) is 29.2 Å². The zero-order chi connectivity index (χ0) is 13.9. The average molecular weight is 282 g/mol. The molecule has 2 rings (SSSR count). The van der Waals surface area contributed by atoms with E-state index in [1.54, 1.807) is 6.20 Å². The number of nitrogens with one attached hydrogen (secondary N) is 1. The Kier molecular flexibility index (Phi) is 4.30. The summed E-state index contributed by atoms with van der Waals surface area (Å²) in [7, 11) is 0. The third-order valence-corrected chi connectivity index (χ3v) is 4.05. The SMILES string of the molecule is CC(C)(CCl)C(=O)Nc1ccc(N2CCCC2)nc1. The number of amides is 1. The Morgan fingerprint density at radius 1 is 1.42 bits per heavy atom. The van der Waals surface area contributed by atoms with Crippen molar-refractivity contribution in [2.24, 2.45) is 5.41 Å². The van der Waals surface area contributed by atoms with Gasteiger partial charge in [0.05, 0.1) is 17.3 Å². The van der Waals surface area contributed by atoms with Gasteiger partial charge in [0, 0.05) is 19.0 Å². The summed E-state index contributed by atoms with van der Waals surface area (Å²) in [6.45, 7) is 5.78. The number of rotatable bonds is 4. The van der Waals surface area contributed by atoms with E-state index in [0.717, 1.165) is 18.9 Å². The molecule has 5 heteroatoms. The number of anilines is 2. The van der Waals surface area contributed by atoms with Crippen LogP contribution in [0.1, 0.15) is 26.7 Å². The first-order chi connectivity index (χ1) is 9.03. The molecule has 1 aromatic rings. The lowest BCUT2D eigenvalue weighted by Gasteiger charge is -2.21. The largest absolute Gasteiger partial charge is 0.357 e. The van der Waals surface area contributed by atoms with E-state index in [0.29, 0.717) is 5.69 Å². The van der Waals surface area contributed by atoms with Crippen molar-refractivity contribution in [1.29, 1.82) is 0 Å². The minimum atomic E-state index is -0.574. The quantitative estimate of drug-likeness (QED) is 0.863. The van der Waals surface area contributed by atoms with Gasteiger partial charge in [0.1, 0.15) is 5.82 Å². The Morgan fingerprint density at radius 2 is 2.11 bits per heavy atom. The molecule has 0 spiro atoms. The molecule has 0 saturated carbocycles. The number of carbonyl (C=O) groups excluding carboxylic acids is 1. The zero-order valence-electron chi connectivity index (χ0n) is 11.4. The van der Waals surface area contributed by atoms with Crippen molar-refractivity contribution in [2.45, 2.75) is 26.7 Å². The Labute approximate surface area is 119 Å². The molecular formula is C14H20ClN3O. The number of alkyl halides is 1. The Morgan fingerprint density at radius 3 is 2.63 bits per heavy atom. The van der Waals surface area contributed by atoms with E-state index < -0.39 is 5.41 Å². The Hall–Kier alpha value is -1.29. The van der Waals surface area contributed by atoms with Gasteiger partial charge in [-0.2, -0.15) is 0 Å². The fourth-order valence-corrected chi connectivity index (χ4v) is 2.08. The van der Waals surface area contributed by atoms with Gasteiger partial charge in [-0.05, 0) is 38.8 Å². The van der Waals surface area contributed by atoms with E-state index in [4.69, 9.17) is 11.6 Å². The van der Waals surface area contributed by atoms with Gasteiger partial charge in [-0.3, -0.25) is 4.79 Å². The second-order valence-electron chi connectivity index (χ2n) is 5.57. The van der Waals surface area contributed by atoms with Crippen LogP contribution in [0.2, 0.25) is 0 Å². The van der Waals surface area contributed by atoms with Gasteiger partial charge in [-0.25, -0.2) is 4.98 Å². The van der Waals surface area contributed by atoms with Gasteiger partial charge in [0.25, 0.3) is 0 Å². The van der Waals surface area contributed by atoms with Crippen molar-refractivity contribution < 1.29 is 4.79 Å². The maximum Gasteiger partial charge on any atom is 0.231 e. The first-order valence-electron chi connectivity index (χ1n) is 6.61. The maximum absolute atomic E-state index is 12.0. The summed E-state index contributed by atoms with van der Waals surface area (Å²) >= 11 is 5.78. The van der Waals surface area contributed by atoms with E-state index in [1.165, 1.54) is 12.8 Å². The van der Waals surface area contributed by atoms with Crippen LogP contribution in [-0.4, -0.2) is 29.9 Å². The predicted octanol–water partition coefficient (Wildman–Crippen LogP) is 2.89. The van der Waals surface area contributed by atoms with Crippen LogP contribution in [0.3, 0.4) is 0 Å².